The van der Waals surface area contributed by atoms with Gasteiger partial charge in [-0.2, -0.15) is 0 Å². The van der Waals surface area contributed by atoms with Crippen LogP contribution in [-0.2, 0) is 20.1 Å². The van der Waals surface area contributed by atoms with E-state index in [1.54, 1.807) is 12.4 Å². The third kappa shape index (κ3) is 7.78. The van der Waals surface area contributed by atoms with Crippen LogP contribution in [0.1, 0.15) is 0 Å². The Morgan fingerprint density at radius 1 is 0.299 bits per heavy atom. The van der Waals surface area contributed by atoms with Crippen molar-refractivity contribution in [1.82, 2.24) is 24.9 Å². The molecule has 0 saturated carbocycles. The fourth-order valence-electron chi connectivity index (χ4n) is 9.27. The summed E-state index contributed by atoms with van der Waals surface area (Å²) >= 11 is 0. The van der Waals surface area contributed by atoms with Gasteiger partial charge < -0.3 is 15.0 Å². The zero-order chi connectivity index (χ0) is 43.8. The fraction of sp³-hybridized carbons (Fsp3) is 0. The van der Waals surface area contributed by atoms with Crippen LogP contribution in [0.4, 0.5) is 0 Å². The molecule has 0 spiro atoms. The molecule has 317 valence electrons. The quantitative estimate of drug-likeness (QED) is 0.112. The van der Waals surface area contributed by atoms with Crippen LogP contribution < -0.4 is 0 Å². The topological polar surface area (TPSA) is 64.5 Å². The number of fused-ring (bicyclic) bond motifs is 6. The molecule has 6 heteroatoms. The Morgan fingerprint density at radius 2 is 0.776 bits per heavy atom. The molecule has 0 aliphatic carbocycles. The van der Waals surface area contributed by atoms with Crippen LogP contribution in [-0.4, -0.2) is 24.9 Å². The summed E-state index contributed by atoms with van der Waals surface area (Å²) in [6, 6.07) is 72.6. The van der Waals surface area contributed by atoms with Crippen molar-refractivity contribution < 1.29 is 20.1 Å². The molecule has 0 aliphatic rings. The first-order valence-electron chi connectivity index (χ1n) is 21.9. The Kier molecular flexibility index (Phi) is 11.1. The first-order chi connectivity index (χ1) is 32.7. The molecule has 67 heavy (non-hydrogen) atoms. The Bertz CT molecular complexity index is 3560. The molecule has 0 atom stereocenters. The van der Waals surface area contributed by atoms with Crippen LogP contribution in [0.2, 0.25) is 0 Å². The van der Waals surface area contributed by atoms with Gasteiger partial charge in [-0.1, -0.05) is 140 Å². The van der Waals surface area contributed by atoms with Crippen LogP contribution in [0.5, 0.6) is 0 Å². The third-order valence-corrected chi connectivity index (χ3v) is 12.4. The van der Waals surface area contributed by atoms with Gasteiger partial charge in [-0.15, -0.1) is 53.6 Å². The molecule has 5 aromatic heterocycles. The molecular formula is C61H37IrN5-2. The van der Waals surface area contributed by atoms with Crippen molar-refractivity contribution >= 4 is 32.6 Å². The Balaban J connectivity index is 0.00000494. The largest absolute Gasteiger partial charge is 0.360 e. The maximum Gasteiger partial charge on any atom is 0.0971 e. The molecule has 0 bridgehead atoms. The minimum atomic E-state index is 0. The first kappa shape index (κ1) is 41.4. The van der Waals surface area contributed by atoms with Gasteiger partial charge in [0.2, 0.25) is 0 Å². The van der Waals surface area contributed by atoms with Crippen molar-refractivity contribution in [3.8, 4) is 89.3 Å². The Hall–Kier alpha value is -8.28. The summed E-state index contributed by atoms with van der Waals surface area (Å²) in [5.74, 6) is 0. The van der Waals surface area contributed by atoms with Crippen molar-refractivity contribution in [2.24, 2.45) is 0 Å². The molecule has 5 nitrogen and oxygen atoms in total. The number of rotatable bonds is 8. The molecule has 0 saturated heterocycles. The van der Waals surface area contributed by atoms with E-state index in [4.69, 9.17) is 19.9 Å². The van der Waals surface area contributed by atoms with Gasteiger partial charge >= 0.3 is 0 Å². The average molecular weight is 1030 g/mol. The number of benzene rings is 7. The van der Waals surface area contributed by atoms with Gasteiger partial charge in [-0.05, 0) is 114 Å². The zero-order valence-corrected chi connectivity index (χ0v) is 38.3. The predicted molar refractivity (Wildman–Crippen MR) is 269 cm³/mol. The minimum Gasteiger partial charge on any atom is -0.360 e. The van der Waals surface area contributed by atoms with Gasteiger partial charge in [0, 0.05) is 61.2 Å². The van der Waals surface area contributed by atoms with Crippen LogP contribution in [0.25, 0.3) is 122 Å². The number of hydrogen-bond acceptors (Lipinski definition) is 5. The van der Waals surface area contributed by atoms with Gasteiger partial charge in [-0.3, -0.25) is 9.97 Å². The summed E-state index contributed by atoms with van der Waals surface area (Å²) < 4.78 is 0. The fourth-order valence-corrected chi connectivity index (χ4v) is 9.27. The number of hydrogen-bond donors (Lipinski definition) is 0. The molecule has 7 aromatic carbocycles. The standard InChI is InChI=1S/C61H37N5.Ir/c1-2-14-40(15-3-1)58-28-26-41(37-64-58)48-17-4-6-19-50(48)44-32-45(51-20-7-5-18-49(51)42-27-29-59(65-38-42)43-16-12-30-62-36-43)34-46(33-44)52-21-8-9-22-53(52)47-35-57-55-24-11-10-23-54(55)56-25-13-31-63-60(56)61(57)66-39-47;/h1-14,17-39H;/q-2;. The van der Waals surface area contributed by atoms with Gasteiger partial charge in [0.1, 0.15) is 0 Å². The smallest absolute Gasteiger partial charge is 0.0971 e. The maximum absolute atomic E-state index is 5.16. The van der Waals surface area contributed by atoms with E-state index >= 15 is 0 Å². The summed E-state index contributed by atoms with van der Waals surface area (Å²) in [6.45, 7) is 0. The van der Waals surface area contributed by atoms with E-state index < -0.39 is 0 Å². The van der Waals surface area contributed by atoms with Crippen molar-refractivity contribution in [3.05, 3.63) is 237 Å². The molecule has 1 radical (unpaired) electrons. The molecule has 0 aliphatic heterocycles. The van der Waals surface area contributed by atoms with E-state index in [1.165, 1.54) is 5.39 Å². The molecule has 12 rings (SSSR count). The van der Waals surface area contributed by atoms with Crippen molar-refractivity contribution in [1.29, 1.82) is 0 Å². The molecule has 0 fully saturated rings. The summed E-state index contributed by atoms with van der Waals surface area (Å²) in [5.41, 5.74) is 18.2. The summed E-state index contributed by atoms with van der Waals surface area (Å²) in [5, 5.41) is 4.50. The second kappa shape index (κ2) is 17.9. The summed E-state index contributed by atoms with van der Waals surface area (Å²) in [6.07, 6.45) is 11.3. The summed E-state index contributed by atoms with van der Waals surface area (Å²) in [4.78, 5) is 24.1. The zero-order valence-electron chi connectivity index (χ0n) is 35.9. The SMILES string of the molecule is [Ir].[c-]1ccccc1-c1ccc(-c2ccccc2-c2cc(-c3ccccc3-c3ccc(-c4[c-]ccnc4)nc3)cc(-c3ccccc3-c3cnc4c(c3)c3ccccc3c3cccnc34)c2)cn1. The number of pyridine rings is 5. The van der Waals surface area contributed by atoms with Gasteiger partial charge in [0.05, 0.1) is 11.0 Å². The first-order valence-corrected chi connectivity index (χ1v) is 21.9. The van der Waals surface area contributed by atoms with Crippen molar-refractivity contribution in [3.63, 3.8) is 0 Å². The summed E-state index contributed by atoms with van der Waals surface area (Å²) in [7, 11) is 0. The van der Waals surface area contributed by atoms with Crippen LogP contribution >= 0.6 is 0 Å². The van der Waals surface area contributed by atoms with Crippen LogP contribution in [0, 0.1) is 12.1 Å². The average Bonchev–Trinajstić information content (AvgIpc) is 3.41. The van der Waals surface area contributed by atoms with E-state index in [-0.39, 0.29) is 20.1 Å². The van der Waals surface area contributed by atoms with Gasteiger partial charge in [0.25, 0.3) is 0 Å². The maximum atomic E-state index is 5.16. The number of aromatic nitrogens is 5. The second-order valence-corrected chi connectivity index (χ2v) is 16.3. The van der Waals surface area contributed by atoms with Crippen LogP contribution in [0.15, 0.2) is 225 Å². The molecule has 0 amide bonds. The minimum absolute atomic E-state index is 0. The van der Waals surface area contributed by atoms with Gasteiger partial charge in [-0.25, -0.2) is 0 Å². The molecular weight excluding hydrogens is 995 g/mol. The third-order valence-electron chi connectivity index (χ3n) is 12.4. The van der Waals surface area contributed by atoms with E-state index in [0.717, 1.165) is 116 Å². The number of nitrogens with zero attached hydrogens (tertiary/aromatic N) is 5. The Labute approximate surface area is 402 Å². The predicted octanol–water partition coefficient (Wildman–Crippen LogP) is 15.1. The molecule has 0 N–H and O–H groups in total. The van der Waals surface area contributed by atoms with Gasteiger partial charge in [0.15, 0.2) is 0 Å². The van der Waals surface area contributed by atoms with E-state index in [2.05, 4.69) is 163 Å². The van der Waals surface area contributed by atoms with Crippen LogP contribution in [0.3, 0.4) is 0 Å². The van der Waals surface area contributed by atoms with Crippen molar-refractivity contribution in [2.45, 2.75) is 0 Å². The van der Waals surface area contributed by atoms with E-state index in [9.17, 15) is 0 Å². The molecule has 5 heterocycles. The van der Waals surface area contributed by atoms with E-state index in [1.807, 2.05) is 67.3 Å². The normalized spacial score (nSPS) is 11.2. The van der Waals surface area contributed by atoms with Crippen molar-refractivity contribution in [2.75, 3.05) is 0 Å². The second-order valence-electron chi connectivity index (χ2n) is 16.3. The van der Waals surface area contributed by atoms with E-state index in [0.29, 0.717) is 0 Å². The Morgan fingerprint density at radius 3 is 1.31 bits per heavy atom. The monoisotopic (exact) mass is 1030 g/mol. The molecule has 0 unspecified atom stereocenters. The molecule has 12 aromatic rings.